The molecule has 2 atom stereocenters. The van der Waals surface area contributed by atoms with Crippen LogP contribution in [-0.2, 0) is 0 Å². The van der Waals surface area contributed by atoms with Crippen molar-refractivity contribution in [1.29, 1.82) is 0 Å². The average molecular weight is 251 g/mol. The zero-order valence-electron chi connectivity index (χ0n) is 11.0. The molecule has 1 aliphatic heterocycles. The van der Waals surface area contributed by atoms with Crippen LogP contribution in [-0.4, -0.2) is 29.6 Å². The first-order chi connectivity index (χ1) is 8.69. The van der Waals surface area contributed by atoms with Gasteiger partial charge >= 0.3 is 0 Å². The molecule has 1 saturated heterocycles. The second kappa shape index (κ2) is 6.30. The monoisotopic (exact) mass is 251 g/mol. The van der Waals surface area contributed by atoms with Gasteiger partial charge in [0.1, 0.15) is 5.82 Å². The normalized spacial score (nSPS) is 22.9. The zero-order chi connectivity index (χ0) is 13.0. The van der Waals surface area contributed by atoms with E-state index in [0.717, 1.165) is 24.6 Å². The van der Waals surface area contributed by atoms with Crippen LogP contribution in [0.5, 0.6) is 0 Å². The summed E-state index contributed by atoms with van der Waals surface area (Å²) in [7, 11) is 0. The van der Waals surface area contributed by atoms with Crippen molar-refractivity contribution in [2.75, 3.05) is 19.6 Å². The molecule has 0 spiro atoms. The Labute approximate surface area is 108 Å². The molecule has 1 aromatic rings. The zero-order valence-corrected chi connectivity index (χ0v) is 11.0. The summed E-state index contributed by atoms with van der Waals surface area (Å²) < 4.78 is 12.8. The van der Waals surface area contributed by atoms with E-state index in [0.29, 0.717) is 6.54 Å². The second-order valence-electron chi connectivity index (χ2n) is 5.24. The molecule has 1 aromatic carbocycles. The third-order valence-corrected chi connectivity index (χ3v) is 3.87. The summed E-state index contributed by atoms with van der Waals surface area (Å²) in [5.41, 5.74) is 0.801. The molecule has 2 nitrogen and oxygen atoms in total. The average Bonchev–Trinajstić information content (AvgIpc) is 2.39. The van der Waals surface area contributed by atoms with Gasteiger partial charge in [0.15, 0.2) is 0 Å². The molecule has 0 bridgehead atoms. The fraction of sp³-hybridized carbons (Fsp3) is 0.600. The van der Waals surface area contributed by atoms with Crippen LogP contribution in [0.4, 0.5) is 4.39 Å². The number of likely N-dealkylation sites (tertiary alicyclic amines) is 1. The van der Waals surface area contributed by atoms with Crippen molar-refractivity contribution in [1.82, 2.24) is 4.90 Å². The molecule has 0 radical (unpaired) electrons. The Kier molecular flexibility index (Phi) is 4.72. The van der Waals surface area contributed by atoms with Gasteiger partial charge in [-0.05, 0) is 43.0 Å². The molecular weight excluding hydrogens is 229 g/mol. The molecule has 0 aliphatic carbocycles. The maximum atomic E-state index is 12.8. The van der Waals surface area contributed by atoms with E-state index in [1.54, 1.807) is 12.1 Å². The maximum Gasteiger partial charge on any atom is 0.123 e. The molecule has 1 aliphatic rings. The van der Waals surface area contributed by atoms with E-state index < -0.39 is 6.10 Å². The molecule has 1 heterocycles. The summed E-state index contributed by atoms with van der Waals surface area (Å²) in [4.78, 5) is 2.33. The second-order valence-corrected chi connectivity index (χ2v) is 5.24. The molecule has 0 amide bonds. The number of nitrogens with zero attached hydrogens (tertiary/aromatic N) is 1. The van der Waals surface area contributed by atoms with E-state index in [1.165, 1.54) is 31.4 Å². The highest BCUT2D eigenvalue weighted by atomic mass is 19.1. The van der Waals surface area contributed by atoms with Crippen LogP contribution >= 0.6 is 0 Å². The SMILES string of the molecule is CCC1CCCN(CC(O)c2ccc(F)cc2)C1. The topological polar surface area (TPSA) is 23.5 Å². The van der Waals surface area contributed by atoms with Gasteiger partial charge in [-0.2, -0.15) is 0 Å². The quantitative estimate of drug-likeness (QED) is 0.889. The van der Waals surface area contributed by atoms with Crippen molar-refractivity contribution < 1.29 is 9.50 Å². The highest BCUT2D eigenvalue weighted by molar-refractivity contribution is 5.18. The Morgan fingerprint density at radius 1 is 1.39 bits per heavy atom. The number of aliphatic hydroxyl groups excluding tert-OH is 1. The van der Waals surface area contributed by atoms with Crippen LogP contribution in [0.1, 0.15) is 37.9 Å². The Hall–Kier alpha value is -0.930. The van der Waals surface area contributed by atoms with E-state index in [9.17, 15) is 9.50 Å². The largest absolute Gasteiger partial charge is 0.387 e. The van der Waals surface area contributed by atoms with Gasteiger partial charge in [0.05, 0.1) is 6.10 Å². The van der Waals surface area contributed by atoms with Crippen molar-refractivity contribution >= 4 is 0 Å². The minimum absolute atomic E-state index is 0.255. The predicted molar refractivity (Wildman–Crippen MR) is 70.8 cm³/mol. The van der Waals surface area contributed by atoms with Crippen LogP contribution < -0.4 is 0 Å². The first-order valence-corrected chi connectivity index (χ1v) is 6.85. The molecule has 18 heavy (non-hydrogen) atoms. The number of hydrogen-bond acceptors (Lipinski definition) is 2. The van der Waals surface area contributed by atoms with E-state index in [4.69, 9.17) is 0 Å². The summed E-state index contributed by atoms with van der Waals surface area (Å²) in [6.07, 6.45) is 3.22. The van der Waals surface area contributed by atoms with Gasteiger partial charge in [-0.3, -0.25) is 0 Å². The summed E-state index contributed by atoms with van der Waals surface area (Å²) in [5, 5.41) is 10.2. The minimum Gasteiger partial charge on any atom is -0.387 e. The molecule has 1 N–H and O–H groups in total. The van der Waals surface area contributed by atoms with Gasteiger partial charge in [-0.25, -0.2) is 4.39 Å². The van der Waals surface area contributed by atoms with E-state index in [2.05, 4.69) is 11.8 Å². The van der Waals surface area contributed by atoms with Crippen LogP contribution in [0.2, 0.25) is 0 Å². The summed E-state index contributed by atoms with van der Waals surface area (Å²) in [5.74, 6) is 0.508. The summed E-state index contributed by atoms with van der Waals surface area (Å²) in [6, 6.07) is 6.15. The van der Waals surface area contributed by atoms with Crippen LogP contribution in [0.3, 0.4) is 0 Å². The van der Waals surface area contributed by atoms with Gasteiger partial charge in [0.2, 0.25) is 0 Å². The number of piperidine rings is 1. The number of aliphatic hydroxyl groups is 1. The smallest absolute Gasteiger partial charge is 0.123 e. The van der Waals surface area contributed by atoms with Crippen molar-refractivity contribution in [3.05, 3.63) is 35.6 Å². The lowest BCUT2D eigenvalue weighted by atomic mass is 9.95. The van der Waals surface area contributed by atoms with Gasteiger partial charge in [0.25, 0.3) is 0 Å². The minimum atomic E-state index is -0.513. The molecule has 2 rings (SSSR count). The van der Waals surface area contributed by atoms with E-state index >= 15 is 0 Å². The van der Waals surface area contributed by atoms with Gasteiger partial charge in [0, 0.05) is 13.1 Å². The number of hydrogen-bond donors (Lipinski definition) is 1. The van der Waals surface area contributed by atoms with Crippen LogP contribution in [0, 0.1) is 11.7 Å². The van der Waals surface area contributed by atoms with Crippen LogP contribution in [0.25, 0.3) is 0 Å². The van der Waals surface area contributed by atoms with Crippen molar-refractivity contribution in [2.45, 2.75) is 32.3 Å². The van der Waals surface area contributed by atoms with Crippen molar-refractivity contribution in [3.63, 3.8) is 0 Å². The molecule has 0 aromatic heterocycles. The molecule has 100 valence electrons. The first-order valence-electron chi connectivity index (χ1n) is 6.85. The van der Waals surface area contributed by atoms with E-state index in [1.807, 2.05) is 0 Å². The third kappa shape index (κ3) is 3.53. The lowest BCUT2D eigenvalue weighted by molar-refractivity contribution is 0.0836. The summed E-state index contributed by atoms with van der Waals surface area (Å²) in [6.45, 7) is 5.02. The van der Waals surface area contributed by atoms with Gasteiger partial charge in [-0.15, -0.1) is 0 Å². The fourth-order valence-electron chi connectivity index (χ4n) is 2.69. The van der Waals surface area contributed by atoms with Gasteiger partial charge < -0.3 is 10.0 Å². The number of benzene rings is 1. The predicted octanol–water partition coefficient (Wildman–Crippen LogP) is 2.98. The lowest BCUT2D eigenvalue weighted by Crippen LogP contribution is -2.37. The Morgan fingerprint density at radius 2 is 2.11 bits per heavy atom. The van der Waals surface area contributed by atoms with E-state index in [-0.39, 0.29) is 5.82 Å². The van der Waals surface area contributed by atoms with Crippen molar-refractivity contribution in [2.24, 2.45) is 5.92 Å². The molecule has 0 saturated carbocycles. The number of rotatable bonds is 4. The highest BCUT2D eigenvalue weighted by Crippen LogP contribution is 2.22. The highest BCUT2D eigenvalue weighted by Gasteiger charge is 2.21. The summed E-state index contributed by atoms with van der Waals surface area (Å²) >= 11 is 0. The molecular formula is C15H22FNO. The van der Waals surface area contributed by atoms with Gasteiger partial charge in [-0.1, -0.05) is 25.5 Å². The van der Waals surface area contributed by atoms with Crippen LogP contribution in [0.15, 0.2) is 24.3 Å². The Morgan fingerprint density at radius 3 is 2.78 bits per heavy atom. The first kappa shape index (κ1) is 13.5. The van der Waals surface area contributed by atoms with Crippen molar-refractivity contribution in [3.8, 4) is 0 Å². The number of β-amino-alcohol motifs (C(OH)–C–C–N with tert-alkyl or cyclic N) is 1. The fourth-order valence-corrected chi connectivity index (χ4v) is 2.69. The molecule has 3 heteroatoms. The molecule has 1 fully saturated rings. The lowest BCUT2D eigenvalue weighted by Gasteiger charge is -2.33. The number of halogens is 1. The molecule has 2 unspecified atom stereocenters. The Bertz CT molecular complexity index is 365. The maximum absolute atomic E-state index is 12.8. The standard InChI is InChI=1S/C15H22FNO/c1-2-12-4-3-9-17(10-12)11-15(18)13-5-7-14(16)8-6-13/h5-8,12,15,18H,2-4,9-11H2,1H3. The third-order valence-electron chi connectivity index (χ3n) is 3.87. The Balaban J connectivity index is 1.90.